The smallest absolute Gasteiger partial charge is 0.0136 e. The lowest BCUT2D eigenvalue weighted by molar-refractivity contribution is 0.563. The van der Waals surface area contributed by atoms with E-state index in [2.05, 4.69) is 6.08 Å². The minimum Gasteiger partial charge on any atom is -0.327 e. The van der Waals surface area contributed by atoms with E-state index in [1.165, 1.54) is 76.2 Å². The molecule has 0 aromatic heterocycles. The molecule has 0 atom stereocenters. The summed E-state index contributed by atoms with van der Waals surface area (Å²) in [7, 11) is 0. The van der Waals surface area contributed by atoms with Gasteiger partial charge in [-0.15, -0.1) is 0 Å². The van der Waals surface area contributed by atoms with Crippen LogP contribution >= 0.6 is 0 Å². The average Bonchev–Trinajstić information content (AvgIpc) is 2.29. The summed E-state index contributed by atoms with van der Waals surface area (Å²) in [6.45, 7) is 0.778. The number of nitrogens with two attached hydrogens (primary N) is 1. The van der Waals surface area contributed by atoms with Gasteiger partial charge in [-0.25, -0.2) is 0 Å². The Morgan fingerprint density at radius 3 is 1.93 bits per heavy atom. The van der Waals surface area contributed by atoms with Crippen molar-refractivity contribution in [1.29, 1.82) is 0 Å². The highest BCUT2D eigenvalue weighted by molar-refractivity contribution is 5.03. The van der Waals surface area contributed by atoms with Gasteiger partial charge in [0, 0.05) is 6.54 Å². The highest BCUT2D eigenvalue weighted by atomic mass is 14.5. The van der Waals surface area contributed by atoms with Gasteiger partial charge in [-0.1, -0.05) is 56.6 Å². The summed E-state index contributed by atoms with van der Waals surface area (Å²) >= 11 is 0. The predicted molar refractivity (Wildman–Crippen MR) is 67.9 cm³/mol. The maximum Gasteiger partial charge on any atom is 0.0136 e. The third kappa shape index (κ3) is 6.72. The van der Waals surface area contributed by atoms with Gasteiger partial charge in [0.25, 0.3) is 0 Å². The van der Waals surface area contributed by atoms with Crippen LogP contribution in [0.2, 0.25) is 0 Å². The zero-order chi connectivity index (χ0) is 10.8. The van der Waals surface area contributed by atoms with Crippen LogP contribution in [0.25, 0.3) is 0 Å². The average molecular weight is 209 g/mol. The first-order valence-corrected chi connectivity index (χ1v) is 6.81. The number of hydrogen-bond donors (Lipinski definition) is 1. The highest BCUT2D eigenvalue weighted by Crippen LogP contribution is 2.16. The molecule has 0 fully saturated rings. The molecule has 2 N–H and O–H groups in total. The predicted octanol–water partition coefficient (Wildman–Crippen LogP) is 4.18. The molecule has 0 aliphatic heterocycles. The van der Waals surface area contributed by atoms with E-state index in [9.17, 15) is 0 Å². The molecule has 1 aliphatic carbocycles. The summed E-state index contributed by atoms with van der Waals surface area (Å²) in [6, 6.07) is 0. The normalized spacial score (nSPS) is 25.5. The first kappa shape index (κ1) is 12.8. The lowest BCUT2D eigenvalue weighted by Gasteiger charge is -2.04. The molecule has 0 amide bonds. The Bertz CT molecular complexity index is 172. The Kier molecular flexibility index (Phi) is 7.63. The van der Waals surface area contributed by atoms with Crippen molar-refractivity contribution in [1.82, 2.24) is 0 Å². The third-order valence-corrected chi connectivity index (χ3v) is 3.40. The molecule has 15 heavy (non-hydrogen) atoms. The first-order chi connectivity index (χ1) is 7.43. The van der Waals surface area contributed by atoms with Crippen LogP contribution in [0.15, 0.2) is 11.6 Å². The van der Waals surface area contributed by atoms with Gasteiger partial charge in [-0.2, -0.15) is 0 Å². The van der Waals surface area contributed by atoms with Crippen LogP contribution in [-0.2, 0) is 0 Å². The van der Waals surface area contributed by atoms with Crippen LogP contribution in [0.1, 0.15) is 70.6 Å². The Hall–Kier alpha value is -0.300. The fraction of sp³-hybridized carbons (Fsp3) is 0.857. The van der Waals surface area contributed by atoms with Crippen molar-refractivity contribution in [2.45, 2.75) is 70.6 Å². The van der Waals surface area contributed by atoms with Crippen LogP contribution < -0.4 is 5.73 Å². The second kappa shape index (κ2) is 8.96. The van der Waals surface area contributed by atoms with Gasteiger partial charge in [0.1, 0.15) is 0 Å². The standard InChI is InChI=1S/C14H27N/c15-13-14-11-9-7-5-3-1-2-4-6-8-10-12-14/h11H,1-10,12-13,15H2/b14-11+. The molecule has 0 aromatic carbocycles. The molecule has 0 heterocycles. The van der Waals surface area contributed by atoms with E-state index in [1.54, 1.807) is 0 Å². The van der Waals surface area contributed by atoms with E-state index in [-0.39, 0.29) is 0 Å². The van der Waals surface area contributed by atoms with Gasteiger partial charge < -0.3 is 5.73 Å². The van der Waals surface area contributed by atoms with E-state index < -0.39 is 0 Å². The molecule has 1 nitrogen and oxygen atoms in total. The fourth-order valence-corrected chi connectivity index (χ4v) is 2.33. The Labute approximate surface area is 95.1 Å². The lowest BCUT2D eigenvalue weighted by Crippen LogP contribution is -2.03. The van der Waals surface area contributed by atoms with Gasteiger partial charge in [0.2, 0.25) is 0 Å². The van der Waals surface area contributed by atoms with Gasteiger partial charge in [0.05, 0.1) is 0 Å². The molecule has 0 radical (unpaired) electrons. The van der Waals surface area contributed by atoms with Crippen molar-refractivity contribution in [3.05, 3.63) is 11.6 Å². The van der Waals surface area contributed by atoms with E-state index in [0.717, 1.165) is 6.54 Å². The lowest BCUT2D eigenvalue weighted by atomic mass is 10.0. The van der Waals surface area contributed by atoms with Crippen LogP contribution in [-0.4, -0.2) is 6.54 Å². The minimum absolute atomic E-state index is 0.778. The fourth-order valence-electron chi connectivity index (χ4n) is 2.33. The van der Waals surface area contributed by atoms with E-state index >= 15 is 0 Å². The quantitative estimate of drug-likeness (QED) is 0.644. The number of hydrogen-bond acceptors (Lipinski definition) is 1. The van der Waals surface area contributed by atoms with Gasteiger partial charge in [-0.05, 0) is 25.7 Å². The van der Waals surface area contributed by atoms with Crippen LogP contribution in [0.4, 0.5) is 0 Å². The third-order valence-electron chi connectivity index (χ3n) is 3.40. The molecule has 0 bridgehead atoms. The van der Waals surface area contributed by atoms with E-state index in [1.807, 2.05) is 0 Å². The molecule has 0 saturated heterocycles. The van der Waals surface area contributed by atoms with Crippen molar-refractivity contribution in [3.8, 4) is 0 Å². The molecule has 1 heteroatoms. The van der Waals surface area contributed by atoms with Crippen molar-refractivity contribution in [2.75, 3.05) is 6.54 Å². The van der Waals surface area contributed by atoms with Crippen molar-refractivity contribution < 1.29 is 0 Å². The molecule has 1 rings (SSSR count). The van der Waals surface area contributed by atoms with Crippen LogP contribution in [0, 0.1) is 0 Å². The minimum atomic E-state index is 0.778. The molecule has 1 aliphatic rings. The summed E-state index contributed by atoms with van der Waals surface area (Å²) in [6.07, 6.45) is 17.6. The topological polar surface area (TPSA) is 26.0 Å². The van der Waals surface area contributed by atoms with Crippen molar-refractivity contribution in [3.63, 3.8) is 0 Å². The Morgan fingerprint density at radius 2 is 1.33 bits per heavy atom. The second-order valence-electron chi connectivity index (χ2n) is 4.79. The number of allylic oxidation sites excluding steroid dienone is 1. The maximum absolute atomic E-state index is 5.75. The molecule has 0 spiro atoms. The summed E-state index contributed by atoms with van der Waals surface area (Å²) in [5, 5.41) is 0. The zero-order valence-corrected chi connectivity index (χ0v) is 10.1. The van der Waals surface area contributed by atoms with Crippen LogP contribution in [0.5, 0.6) is 0 Å². The van der Waals surface area contributed by atoms with Gasteiger partial charge >= 0.3 is 0 Å². The molecular formula is C14H27N. The largest absolute Gasteiger partial charge is 0.327 e. The van der Waals surface area contributed by atoms with Crippen molar-refractivity contribution >= 4 is 0 Å². The van der Waals surface area contributed by atoms with Gasteiger partial charge in [0.15, 0.2) is 0 Å². The molecule has 0 unspecified atom stereocenters. The SMILES string of the molecule is NC/C1=C/CCCCCCCCCCC1. The molecule has 88 valence electrons. The molecular weight excluding hydrogens is 182 g/mol. The summed E-state index contributed by atoms with van der Waals surface area (Å²) in [5.74, 6) is 0. The summed E-state index contributed by atoms with van der Waals surface area (Å²) in [5.41, 5.74) is 7.24. The first-order valence-electron chi connectivity index (χ1n) is 6.81. The number of rotatable bonds is 1. The van der Waals surface area contributed by atoms with Gasteiger partial charge in [-0.3, -0.25) is 0 Å². The van der Waals surface area contributed by atoms with E-state index in [4.69, 9.17) is 5.73 Å². The maximum atomic E-state index is 5.75. The van der Waals surface area contributed by atoms with Crippen molar-refractivity contribution in [2.24, 2.45) is 5.73 Å². The molecule has 0 saturated carbocycles. The van der Waals surface area contributed by atoms with E-state index in [0.29, 0.717) is 0 Å². The second-order valence-corrected chi connectivity index (χ2v) is 4.79. The summed E-state index contributed by atoms with van der Waals surface area (Å²) < 4.78 is 0. The summed E-state index contributed by atoms with van der Waals surface area (Å²) in [4.78, 5) is 0. The van der Waals surface area contributed by atoms with Crippen LogP contribution in [0.3, 0.4) is 0 Å². The molecule has 0 aromatic rings. The monoisotopic (exact) mass is 209 g/mol. The Morgan fingerprint density at radius 1 is 0.800 bits per heavy atom. The zero-order valence-electron chi connectivity index (χ0n) is 10.1. The highest BCUT2D eigenvalue weighted by Gasteiger charge is 1.98. The Balaban J connectivity index is 2.28.